The van der Waals surface area contributed by atoms with E-state index in [0.29, 0.717) is 19.7 Å². The molecule has 0 atom stereocenters. The lowest BCUT2D eigenvalue weighted by Gasteiger charge is -2.32. The molecule has 0 bridgehead atoms. The van der Waals surface area contributed by atoms with Crippen LogP contribution in [0.1, 0.15) is 52.4 Å². The van der Waals surface area contributed by atoms with Gasteiger partial charge in [0, 0.05) is 24.7 Å². The number of carbonyl (C=O) groups is 2. The molecule has 0 saturated carbocycles. The summed E-state index contributed by atoms with van der Waals surface area (Å²) in [5.41, 5.74) is 5.15. The van der Waals surface area contributed by atoms with Crippen molar-refractivity contribution in [3.8, 4) is 0 Å². The van der Waals surface area contributed by atoms with Gasteiger partial charge in [-0.3, -0.25) is 4.79 Å². The molecule has 0 aliphatic carbocycles. The van der Waals surface area contributed by atoms with E-state index in [0.717, 1.165) is 40.7 Å². The van der Waals surface area contributed by atoms with Crippen molar-refractivity contribution in [3.05, 3.63) is 33.9 Å². The number of piperidine rings is 1. The molecule has 2 rings (SSSR count). The molecule has 1 aromatic carbocycles. The highest BCUT2D eigenvalue weighted by molar-refractivity contribution is 5.98. The molecule has 1 heterocycles. The molecule has 5 nitrogen and oxygen atoms in total. The Labute approximate surface area is 144 Å². The fourth-order valence-corrected chi connectivity index (χ4v) is 3.24. The second-order valence-electron chi connectivity index (χ2n) is 6.57. The lowest BCUT2D eigenvalue weighted by atomic mass is 9.93. The Hall–Kier alpha value is -2.04. The smallest absolute Gasteiger partial charge is 0.409 e. The third-order valence-electron chi connectivity index (χ3n) is 4.95. The van der Waals surface area contributed by atoms with Gasteiger partial charge < -0.3 is 15.0 Å². The molecule has 1 aliphatic rings. The number of hydrogen-bond acceptors (Lipinski definition) is 3. The zero-order valence-electron chi connectivity index (χ0n) is 15.4. The van der Waals surface area contributed by atoms with Gasteiger partial charge in [0.25, 0.3) is 5.91 Å². The molecular formula is C19H28N2O3. The largest absolute Gasteiger partial charge is 0.450 e. The first kappa shape index (κ1) is 18.3. The third-order valence-corrected chi connectivity index (χ3v) is 4.95. The van der Waals surface area contributed by atoms with E-state index in [4.69, 9.17) is 4.74 Å². The number of aryl methyl sites for hydroxylation is 2. The maximum absolute atomic E-state index is 12.8. The minimum atomic E-state index is -0.261. The first-order valence-corrected chi connectivity index (χ1v) is 8.65. The van der Waals surface area contributed by atoms with E-state index in [9.17, 15) is 9.59 Å². The minimum absolute atomic E-state index is 0.00798. The number of carbonyl (C=O) groups excluding carboxylic acids is 2. The number of benzene rings is 1. The zero-order valence-corrected chi connectivity index (χ0v) is 15.4. The van der Waals surface area contributed by atoms with Crippen LogP contribution in [0, 0.1) is 27.7 Å². The number of ether oxygens (including phenoxy) is 1. The number of likely N-dealkylation sites (tertiary alicyclic amines) is 1. The maximum Gasteiger partial charge on any atom is 0.409 e. The highest BCUT2D eigenvalue weighted by Crippen LogP contribution is 2.22. The van der Waals surface area contributed by atoms with Crippen molar-refractivity contribution >= 4 is 12.0 Å². The van der Waals surface area contributed by atoms with E-state index in [1.807, 2.05) is 27.7 Å². The van der Waals surface area contributed by atoms with Crippen molar-refractivity contribution in [2.24, 2.45) is 0 Å². The van der Waals surface area contributed by atoms with Crippen LogP contribution in [0.3, 0.4) is 0 Å². The van der Waals surface area contributed by atoms with Gasteiger partial charge in [-0.25, -0.2) is 4.79 Å². The summed E-state index contributed by atoms with van der Waals surface area (Å²) in [5.74, 6) is -0.00798. The topological polar surface area (TPSA) is 58.6 Å². The summed E-state index contributed by atoms with van der Waals surface area (Å²) in [6.07, 6.45) is 1.25. The standard InChI is InChI=1S/C19H28N2O3/c1-6-24-19(23)21-9-7-16(8-10-21)20-18(22)17-14(4)12(2)11-13(3)15(17)5/h11,16H,6-10H2,1-5H3,(H,20,22). The van der Waals surface area contributed by atoms with E-state index in [2.05, 4.69) is 11.4 Å². The number of nitrogens with zero attached hydrogens (tertiary/aromatic N) is 1. The monoisotopic (exact) mass is 332 g/mol. The Morgan fingerprint density at radius 1 is 1.12 bits per heavy atom. The van der Waals surface area contributed by atoms with E-state index >= 15 is 0 Å². The van der Waals surface area contributed by atoms with Gasteiger partial charge in [-0.1, -0.05) is 6.07 Å². The van der Waals surface area contributed by atoms with Gasteiger partial charge in [0.05, 0.1) is 6.61 Å². The summed E-state index contributed by atoms with van der Waals surface area (Å²) in [4.78, 5) is 26.2. The molecule has 0 unspecified atom stereocenters. The second kappa shape index (κ2) is 7.69. The van der Waals surface area contributed by atoms with Gasteiger partial charge in [-0.05, 0) is 69.7 Å². The van der Waals surface area contributed by atoms with Crippen molar-refractivity contribution in [1.82, 2.24) is 10.2 Å². The first-order chi connectivity index (χ1) is 11.3. The average molecular weight is 332 g/mol. The second-order valence-corrected chi connectivity index (χ2v) is 6.57. The Kier molecular flexibility index (Phi) is 5.86. The first-order valence-electron chi connectivity index (χ1n) is 8.65. The van der Waals surface area contributed by atoms with Gasteiger partial charge in [0.2, 0.25) is 0 Å². The zero-order chi connectivity index (χ0) is 17.9. The summed E-state index contributed by atoms with van der Waals surface area (Å²) >= 11 is 0. The molecule has 1 N–H and O–H groups in total. The SMILES string of the molecule is CCOC(=O)N1CCC(NC(=O)c2c(C)c(C)cc(C)c2C)CC1. The van der Waals surface area contributed by atoms with Crippen LogP contribution in [0.25, 0.3) is 0 Å². The fourth-order valence-electron chi connectivity index (χ4n) is 3.24. The van der Waals surface area contributed by atoms with Crippen molar-refractivity contribution in [2.75, 3.05) is 19.7 Å². The molecule has 1 aliphatic heterocycles. The predicted molar refractivity (Wildman–Crippen MR) is 94.5 cm³/mol. The lowest BCUT2D eigenvalue weighted by molar-refractivity contribution is 0.0859. The van der Waals surface area contributed by atoms with E-state index in [1.54, 1.807) is 11.8 Å². The van der Waals surface area contributed by atoms with Crippen LogP contribution in [-0.2, 0) is 4.74 Å². The molecule has 5 heteroatoms. The number of hydrogen-bond donors (Lipinski definition) is 1. The van der Waals surface area contributed by atoms with E-state index < -0.39 is 0 Å². The highest BCUT2D eigenvalue weighted by atomic mass is 16.6. The van der Waals surface area contributed by atoms with Crippen molar-refractivity contribution < 1.29 is 14.3 Å². The van der Waals surface area contributed by atoms with Crippen molar-refractivity contribution in [3.63, 3.8) is 0 Å². The van der Waals surface area contributed by atoms with Crippen LogP contribution in [-0.4, -0.2) is 42.6 Å². The molecule has 132 valence electrons. The summed E-state index contributed by atoms with van der Waals surface area (Å²) in [6, 6.07) is 2.22. The molecular weight excluding hydrogens is 304 g/mol. The molecule has 24 heavy (non-hydrogen) atoms. The maximum atomic E-state index is 12.8. The summed E-state index contributed by atoms with van der Waals surface area (Å²) in [6.45, 7) is 11.5. The highest BCUT2D eigenvalue weighted by Gasteiger charge is 2.26. The van der Waals surface area contributed by atoms with Crippen LogP contribution >= 0.6 is 0 Å². The lowest BCUT2D eigenvalue weighted by Crippen LogP contribution is -2.47. The van der Waals surface area contributed by atoms with Gasteiger partial charge in [0.1, 0.15) is 0 Å². The minimum Gasteiger partial charge on any atom is -0.450 e. The van der Waals surface area contributed by atoms with Crippen molar-refractivity contribution in [1.29, 1.82) is 0 Å². The Bertz CT molecular complexity index is 606. The van der Waals surface area contributed by atoms with Crippen LogP contribution in [0.4, 0.5) is 4.79 Å². The van der Waals surface area contributed by atoms with Gasteiger partial charge >= 0.3 is 6.09 Å². The molecule has 2 amide bonds. The van der Waals surface area contributed by atoms with Gasteiger partial charge in [-0.2, -0.15) is 0 Å². The molecule has 0 aromatic heterocycles. The molecule has 0 spiro atoms. The molecule has 1 fully saturated rings. The average Bonchev–Trinajstić information content (AvgIpc) is 2.54. The Balaban J connectivity index is 2.01. The summed E-state index contributed by atoms with van der Waals surface area (Å²) < 4.78 is 5.02. The Morgan fingerprint density at radius 2 is 1.67 bits per heavy atom. The van der Waals surface area contributed by atoms with Gasteiger partial charge in [-0.15, -0.1) is 0 Å². The number of amides is 2. The fraction of sp³-hybridized carbons (Fsp3) is 0.579. The van der Waals surface area contributed by atoms with Crippen molar-refractivity contribution in [2.45, 2.75) is 53.5 Å². The summed E-state index contributed by atoms with van der Waals surface area (Å²) in [5, 5.41) is 3.15. The van der Waals surface area contributed by atoms with E-state index in [-0.39, 0.29) is 18.0 Å². The van der Waals surface area contributed by atoms with Crippen LogP contribution < -0.4 is 5.32 Å². The van der Waals surface area contributed by atoms with Gasteiger partial charge in [0.15, 0.2) is 0 Å². The van der Waals surface area contributed by atoms with Crippen LogP contribution in [0.2, 0.25) is 0 Å². The third kappa shape index (κ3) is 3.89. The normalized spacial score (nSPS) is 15.3. The van der Waals surface area contributed by atoms with Crippen LogP contribution in [0.15, 0.2) is 6.07 Å². The van der Waals surface area contributed by atoms with E-state index in [1.165, 1.54) is 0 Å². The number of rotatable bonds is 3. The molecule has 1 aromatic rings. The number of nitrogens with one attached hydrogen (secondary N) is 1. The molecule has 0 radical (unpaired) electrons. The quantitative estimate of drug-likeness (QED) is 0.924. The Morgan fingerprint density at radius 3 is 2.17 bits per heavy atom. The molecule has 1 saturated heterocycles. The van der Waals surface area contributed by atoms with Crippen LogP contribution in [0.5, 0.6) is 0 Å². The predicted octanol–water partition coefficient (Wildman–Crippen LogP) is 3.27. The summed E-state index contributed by atoms with van der Waals surface area (Å²) in [7, 11) is 0.